The van der Waals surface area contributed by atoms with Gasteiger partial charge in [-0.25, -0.2) is 0 Å². The number of alkyl halides is 2. The van der Waals surface area contributed by atoms with Crippen LogP contribution in [-0.2, 0) is 9.31 Å². The van der Waals surface area contributed by atoms with Gasteiger partial charge in [-0.2, -0.15) is 8.78 Å². The van der Waals surface area contributed by atoms with Gasteiger partial charge in [0, 0.05) is 18.7 Å². The van der Waals surface area contributed by atoms with Gasteiger partial charge in [0.25, 0.3) is 5.91 Å². The van der Waals surface area contributed by atoms with Crippen molar-refractivity contribution in [3.8, 4) is 5.75 Å². The van der Waals surface area contributed by atoms with E-state index < -0.39 is 24.9 Å². The number of hydrogen-bond donors (Lipinski definition) is 0. The summed E-state index contributed by atoms with van der Waals surface area (Å²) in [5.74, 6) is -0.269. The van der Waals surface area contributed by atoms with Crippen molar-refractivity contribution in [1.29, 1.82) is 0 Å². The van der Waals surface area contributed by atoms with Crippen molar-refractivity contribution >= 4 is 18.5 Å². The van der Waals surface area contributed by atoms with Gasteiger partial charge < -0.3 is 18.9 Å². The maximum Gasteiger partial charge on any atom is 0.494 e. The lowest BCUT2D eigenvalue weighted by Crippen LogP contribution is -2.41. The minimum atomic E-state index is -2.97. The number of amides is 1. The fraction of sp³-hybridized carbons (Fsp3) is 0.611. The highest BCUT2D eigenvalue weighted by Gasteiger charge is 2.52. The Morgan fingerprint density at radius 3 is 2.23 bits per heavy atom. The predicted octanol–water partition coefficient (Wildman–Crippen LogP) is 2.82. The van der Waals surface area contributed by atoms with Crippen molar-refractivity contribution in [2.75, 3.05) is 13.1 Å². The van der Waals surface area contributed by atoms with Crippen molar-refractivity contribution < 1.29 is 27.6 Å². The summed E-state index contributed by atoms with van der Waals surface area (Å²) in [6.45, 7) is 5.99. The van der Waals surface area contributed by atoms with Crippen LogP contribution in [0.1, 0.15) is 50.9 Å². The Hall–Kier alpha value is -1.67. The highest BCUT2D eigenvalue weighted by Crippen LogP contribution is 2.36. The summed E-state index contributed by atoms with van der Waals surface area (Å²) in [6, 6.07) is 4.43. The van der Waals surface area contributed by atoms with E-state index in [2.05, 4.69) is 4.74 Å². The number of carbonyl (C=O) groups is 1. The van der Waals surface area contributed by atoms with E-state index >= 15 is 0 Å². The zero-order chi connectivity index (χ0) is 19.1. The first-order valence-electron chi connectivity index (χ1n) is 8.84. The molecule has 2 saturated heterocycles. The number of nitrogens with zero attached hydrogens (tertiary/aromatic N) is 1. The molecular weight excluding hydrogens is 343 g/mol. The second kappa shape index (κ2) is 6.81. The Morgan fingerprint density at radius 2 is 1.69 bits per heavy atom. The Labute approximate surface area is 152 Å². The van der Waals surface area contributed by atoms with Gasteiger partial charge in [-0.3, -0.25) is 4.79 Å². The predicted molar refractivity (Wildman–Crippen MR) is 93.9 cm³/mol. The molecule has 0 spiro atoms. The first kappa shape index (κ1) is 19.1. The van der Waals surface area contributed by atoms with Crippen LogP contribution in [0.15, 0.2) is 18.2 Å². The van der Waals surface area contributed by atoms with Gasteiger partial charge in [-0.1, -0.05) is 0 Å². The highest BCUT2D eigenvalue weighted by molar-refractivity contribution is 6.62. The van der Waals surface area contributed by atoms with E-state index in [1.165, 1.54) is 12.1 Å². The first-order chi connectivity index (χ1) is 12.1. The number of likely N-dealkylation sites (tertiary alicyclic amines) is 1. The number of hydrogen-bond acceptors (Lipinski definition) is 4. The molecule has 0 saturated carbocycles. The van der Waals surface area contributed by atoms with Gasteiger partial charge in [0.15, 0.2) is 0 Å². The topological polar surface area (TPSA) is 48.0 Å². The van der Waals surface area contributed by atoms with Gasteiger partial charge in [-0.05, 0) is 64.2 Å². The fourth-order valence-corrected chi connectivity index (χ4v) is 3.13. The number of rotatable bonds is 4. The SMILES string of the molecule is CC1(C)OB(c2cc(OC(F)F)cc(C(=O)N3CCCC3)c2)OC1(C)C. The van der Waals surface area contributed by atoms with E-state index in [1.807, 2.05) is 27.7 Å². The Morgan fingerprint density at radius 1 is 1.12 bits per heavy atom. The zero-order valence-electron chi connectivity index (χ0n) is 15.6. The molecule has 142 valence electrons. The number of halogens is 2. The Kier molecular flexibility index (Phi) is 5.01. The van der Waals surface area contributed by atoms with Gasteiger partial charge in [0.1, 0.15) is 5.75 Å². The Bertz CT molecular complexity index is 674. The van der Waals surface area contributed by atoms with Gasteiger partial charge in [-0.15, -0.1) is 0 Å². The van der Waals surface area contributed by atoms with Crippen molar-refractivity contribution in [2.24, 2.45) is 0 Å². The molecule has 2 aliphatic rings. The van der Waals surface area contributed by atoms with Crippen LogP contribution in [0.5, 0.6) is 5.75 Å². The average molecular weight is 367 g/mol. The van der Waals surface area contributed by atoms with Gasteiger partial charge in [0.2, 0.25) is 0 Å². The quantitative estimate of drug-likeness (QED) is 0.768. The molecule has 2 fully saturated rings. The summed E-state index contributed by atoms with van der Waals surface area (Å²) in [4.78, 5) is 14.4. The molecule has 0 radical (unpaired) electrons. The van der Waals surface area contributed by atoms with Crippen LogP contribution < -0.4 is 10.2 Å². The normalized spacial score (nSPS) is 21.5. The van der Waals surface area contributed by atoms with Crippen LogP contribution in [0.4, 0.5) is 8.78 Å². The molecule has 1 aromatic rings. The number of ether oxygens (including phenoxy) is 1. The minimum Gasteiger partial charge on any atom is -0.435 e. The molecule has 2 heterocycles. The Balaban J connectivity index is 1.94. The zero-order valence-corrected chi connectivity index (χ0v) is 15.6. The fourth-order valence-electron chi connectivity index (χ4n) is 3.13. The number of benzene rings is 1. The van der Waals surface area contributed by atoms with E-state index in [-0.39, 0.29) is 11.7 Å². The molecular formula is C18H24BF2NO4. The lowest BCUT2D eigenvalue weighted by molar-refractivity contribution is -0.0498. The van der Waals surface area contributed by atoms with Crippen molar-refractivity contribution in [3.63, 3.8) is 0 Å². The molecule has 1 aromatic carbocycles. The summed E-state index contributed by atoms with van der Waals surface area (Å²) in [5, 5.41) is 0. The van der Waals surface area contributed by atoms with Crippen molar-refractivity contribution in [1.82, 2.24) is 4.90 Å². The summed E-state index contributed by atoms with van der Waals surface area (Å²) in [6.07, 6.45) is 1.89. The third-order valence-corrected chi connectivity index (χ3v) is 5.32. The smallest absolute Gasteiger partial charge is 0.435 e. The van der Waals surface area contributed by atoms with Crippen LogP contribution in [-0.4, -0.2) is 48.8 Å². The summed E-state index contributed by atoms with van der Waals surface area (Å²) in [7, 11) is -0.758. The van der Waals surface area contributed by atoms with Crippen LogP contribution in [0.3, 0.4) is 0 Å². The maximum atomic E-state index is 12.7. The van der Waals surface area contributed by atoms with Crippen LogP contribution in [0.25, 0.3) is 0 Å². The molecule has 5 nitrogen and oxygen atoms in total. The molecule has 0 atom stereocenters. The summed E-state index contributed by atoms with van der Waals surface area (Å²) in [5.41, 5.74) is -0.355. The molecule has 8 heteroatoms. The molecule has 1 amide bonds. The van der Waals surface area contributed by atoms with Crippen molar-refractivity contribution in [3.05, 3.63) is 23.8 Å². The lowest BCUT2D eigenvalue weighted by atomic mass is 9.78. The van der Waals surface area contributed by atoms with Gasteiger partial charge in [0.05, 0.1) is 11.2 Å². The van der Waals surface area contributed by atoms with E-state index in [0.29, 0.717) is 24.1 Å². The van der Waals surface area contributed by atoms with Crippen molar-refractivity contribution in [2.45, 2.75) is 58.4 Å². The molecule has 0 aliphatic carbocycles. The van der Waals surface area contributed by atoms with E-state index in [9.17, 15) is 13.6 Å². The molecule has 26 heavy (non-hydrogen) atoms. The monoisotopic (exact) mass is 367 g/mol. The average Bonchev–Trinajstić information content (AvgIpc) is 3.12. The molecule has 2 aliphatic heterocycles. The maximum absolute atomic E-state index is 12.7. The third-order valence-electron chi connectivity index (χ3n) is 5.32. The van der Waals surface area contributed by atoms with Crippen LogP contribution in [0, 0.1) is 0 Å². The highest BCUT2D eigenvalue weighted by atomic mass is 19.3. The van der Waals surface area contributed by atoms with E-state index in [4.69, 9.17) is 9.31 Å². The largest absolute Gasteiger partial charge is 0.494 e. The summed E-state index contributed by atoms with van der Waals surface area (Å²) < 4.78 is 42.0. The lowest BCUT2D eigenvalue weighted by Gasteiger charge is -2.32. The number of carbonyl (C=O) groups excluding carboxylic acids is 1. The van der Waals surface area contributed by atoms with Gasteiger partial charge >= 0.3 is 13.7 Å². The molecule has 0 N–H and O–H groups in total. The molecule has 3 rings (SSSR count). The molecule has 0 unspecified atom stereocenters. The second-order valence-corrected chi connectivity index (χ2v) is 7.76. The van der Waals surface area contributed by atoms with E-state index in [0.717, 1.165) is 12.8 Å². The summed E-state index contributed by atoms with van der Waals surface area (Å²) >= 11 is 0. The standard InChI is InChI=1S/C18H24BF2NO4/c1-17(2)18(3,4)26-19(25-17)13-9-12(10-14(11-13)24-16(20)21)15(23)22-7-5-6-8-22/h9-11,16H,5-8H2,1-4H3. The molecule has 0 bridgehead atoms. The van der Waals surface area contributed by atoms with Crippen LogP contribution >= 0.6 is 0 Å². The minimum absolute atomic E-state index is 0.0743. The first-order valence-corrected chi connectivity index (χ1v) is 8.84. The third kappa shape index (κ3) is 3.71. The van der Waals surface area contributed by atoms with Crippen LogP contribution in [0.2, 0.25) is 0 Å². The second-order valence-electron chi connectivity index (χ2n) is 7.76. The van der Waals surface area contributed by atoms with E-state index in [1.54, 1.807) is 11.0 Å². The molecule has 0 aromatic heterocycles.